The number of hydrogen-bond donors (Lipinski definition) is 2. The molecule has 2 nitrogen and oxygen atoms in total. The maximum atomic E-state index is 5.44. The molecule has 0 amide bonds. The molecule has 0 radical (unpaired) electrons. The molecule has 0 unspecified atom stereocenters. The van der Waals surface area contributed by atoms with Gasteiger partial charge in [-0.05, 0) is 13.0 Å². The van der Waals surface area contributed by atoms with Gasteiger partial charge in [0.05, 0.1) is 0 Å². The summed E-state index contributed by atoms with van der Waals surface area (Å²) in [6.07, 6.45) is 4.05. The first-order chi connectivity index (χ1) is 6.83. The van der Waals surface area contributed by atoms with Gasteiger partial charge in [0.2, 0.25) is 0 Å². The van der Waals surface area contributed by atoms with E-state index in [1.54, 1.807) is 0 Å². The number of nitrogens with two attached hydrogens (primary N) is 1. The van der Waals surface area contributed by atoms with E-state index in [0.29, 0.717) is 6.54 Å². The third kappa shape index (κ3) is 1.44. The highest BCUT2D eigenvalue weighted by molar-refractivity contribution is 5.90. The molecule has 0 aliphatic carbocycles. The molecule has 0 aliphatic heterocycles. The first-order valence-corrected chi connectivity index (χ1v) is 4.77. The van der Waals surface area contributed by atoms with Crippen LogP contribution in [0.5, 0.6) is 0 Å². The molecule has 0 saturated heterocycles. The van der Waals surface area contributed by atoms with Crippen LogP contribution in [0.15, 0.2) is 30.3 Å². The maximum absolute atomic E-state index is 5.44. The molecule has 2 heteroatoms. The number of benzene rings is 1. The van der Waals surface area contributed by atoms with Crippen LogP contribution in [0.25, 0.3) is 17.0 Å². The molecule has 1 heterocycles. The number of H-pyrrole nitrogens is 1. The molecule has 3 N–H and O–H groups in total. The van der Waals surface area contributed by atoms with Gasteiger partial charge in [-0.15, -0.1) is 0 Å². The van der Waals surface area contributed by atoms with Gasteiger partial charge in [0.15, 0.2) is 0 Å². The highest BCUT2D eigenvalue weighted by Crippen LogP contribution is 2.22. The topological polar surface area (TPSA) is 41.8 Å². The molecule has 1 aromatic carbocycles. The number of rotatable bonds is 2. The van der Waals surface area contributed by atoms with Crippen LogP contribution in [0.2, 0.25) is 0 Å². The largest absolute Gasteiger partial charge is 0.358 e. The minimum absolute atomic E-state index is 0.582. The van der Waals surface area contributed by atoms with Crippen LogP contribution in [-0.4, -0.2) is 11.5 Å². The van der Waals surface area contributed by atoms with Crippen LogP contribution in [-0.2, 0) is 0 Å². The Morgan fingerprint density at radius 3 is 2.93 bits per heavy atom. The van der Waals surface area contributed by atoms with E-state index in [9.17, 15) is 0 Å². The van der Waals surface area contributed by atoms with Crippen molar-refractivity contribution in [1.82, 2.24) is 4.98 Å². The highest BCUT2D eigenvalue weighted by atomic mass is 14.7. The normalized spacial score (nSPS) is 11.6. The van der Waals surface area contributed by atoms with E-state index in [1.807, 2.05) is 12.1 Å². The standard InChI is InChI=1S/C12H14N2/c1-9-10(6-4-8-13)11-5-2-3-7-12(11)14-9/h2-7,14H,8,13H2,1H3. The van der Waals surface area contributed by atoms with Crippen LogP contribution in [0.3, 0.4) is 0 Å². The van der Waals surface area contributed by atoms with Crippen molar-refractivity contribution in [2.24, 2.45) is 5.73 Å². The number of hydrogen-bond acceptors (Lipinski definition) is 1. The lowest BCUT2D eigenvalue weighted by Gasteiger charge is -1.92. The third-order valence-corrected chi connectivity index (χ3v) is 2.36. The van der Waals surface area contributed by atoms with E-state index in [2.05, 4.69) is 36.2 Å². The van der Waals surface area contributed by atoms with Crippen molar-refractivity contribution in [1.29, 1.82) is 0 Å². The van der Waals surface area contributed by atoms with E-state index in [4.69, 9.17) is 5.73 Å². The zero-order valence-corrected chi connectivity index (χ0v) is 8.25. The van der Waals surface area contributed by atoms with Gasteiger partial charge in [-0.1, -0.05) is 30.4 Å². The van der Waals surface area contributed by atoms with E-state index in [0.717, 1.165) is 0 Å². The van der Waals surface area contributed by atoms with Crippen molar-refractivity contribution in [2.45, 2.75) is 6.92 Å². The molecule has 2 aromatic rings. The average molecular weight is 186 g/mol. The van der Waals surface area contributed by atoms with Crippen molar-refractivity contribution in [2.75, 3.05) is 6.54 Å². The summed E-state index contributed by atoms with van der Waals surface area (Å²) < 4.78 is 0. The first-order valence-electron chi connectivity index (χ1n) is 4.77. The fourth-order valence-corrected chi connectivity index (χ4v) is 1.70. The molecule has 1 aromatic heterocycles. The Balaban J connectivity index is 2.62. The van der Waals surface area contributed by atoms with Gasteiger partial charge in [-0.3, -0.25) is 0 Å². The zero-order chi connectivity index (χ0) is 9.97. The Hall–Kier alpha value is -1.54. The van der Waals surface area contributed by atoms with E-state index in [1.165, 1.54) is 22.2 Å². The third-order valence-electron chi connectivity index (χ3n) is 2.36. The van der Waals surface area contributed by atoms with E-state index < -0.39 is 0 Å². The molecule has 0 bridgehead atoms. The number of aromatic amines is 1. The molecule has 72 valence electrons. The molecule has 0 spiro atoms. The second-order valence-corrected chi connectivity index (χ2v) is 3.35. The molecule has 0 fully saturated rings. The Bertz CT molecular complexity index is 466. The smallest absolute Gasteiger partial charge is 0.0462 e. The van der Waals surface area contributed by atoms with Gasteiger partial charge in [-0.25, -0.2) is 0 Å². The minimum atomic E-state index is 0.582. The van der Waals surface area contributed by atoms with Crippen LogP contribution >= 0.6 is 0 Å². The van der Waals surface area contributed by atoms with E-state index >= 15 is 0 Å². The van der Waals surface area contributed by atoms with Gasteiger partial charge in [0.1, 0.15) is 0 Å². The van der Waals surface area contributed by atoms with Crippen LogP contribution in [0, 0.1) is 6.92 Å². The van der Waals surface area contributed by atoms with Crippen LogP contribution < -0.4 is 5.73 Å². The van der Waals surface area contributed by atoms with Crippen molar-refractivity contribution in [3.63, 3.8) is 0 Å². The Morgan fingerprint density at radius 1 is 1.36 bits per heavy atom. The summed E-state index contributed by atoms with van der Waals surface area (Å²) in [5.74, 6) is 0. The number of fused-ring (bicyclic) bond motifs is 1. The number of aryl methyl sites for hydroxylation is 1. The maximum Gasteiger partial charge on any atom is 0.0462 e. The number of para-hydroxylation sites is 1. The van der Waals surface area contributed by atoms with Crippen LogP contribution in [0.1, 0.15) is 11.3 Å². The minimum Gasteiger partial charge on any atom is -0.358 e. The van der Waals surface area contributed by atoms with E-state index in [-0.39, 0.29) is 0 Å². The predicted molar refractivity (Wildman–Crippen MR) is 61.1 cm³/mol. The summed E-state index contributed by atoms with van der Waals surface area (Å²) in [5.41, 5.74) is 9.06. The number of nitrogens with one attached hydrogen (secondary N) is 1. The van der Waals surface area contributed by atoms with Crippen molar-refractivity contribution < 1.29 is 0 Å². The Kier molecular flexibility index (Phi) is 2.37. The summed E-state index contributed by atoms with van der Waals surface area (Å²) in [4.78, 5) is 3.34. The summed E-state index contributed by atoms with van der Waals surface area (Å²) in [7, 11) is 0. The van der Waals surface area contributed by atoms with Gasteiger partial charge < -0.3 is 10.7 Å². The highest BCUT2D eigenvalue weighted by Gasteiger charge is 2.03. The Morgan fingerprint density at radius 2 is 2.14 bits per heavy atom. The monoisotopic (exact) mass is 186 g/mol. The lowest BCUT2D eigenvalue weighted by atomic mass is 10.1. The summed E-state index contributed by atoms with van der Waals surface area (Å²) >= 11 is 0. The molecule has 0 atom stereocenters. The van der Waals surface area contributed by atoms with Crippen molar-refractivity contribution in [3.8, 4) is 0 Å². The first kappa shape index (κ1) is 9.03. The van der Waals surface area contributed by atoms with Gasteiger partial charge in [0.25, 0.3) is 0 Å². The predicted octanol–water partition coefficient (Wildman–Crippen LogP) is 2.45. The van der Waals surface area contributed by atoms with Gasteiger partial charge >= 0.3 is 0 Å². The second kappa shape index (κ2) is 3.68. The quantitative estimate of drug-likeness (QED) is 0.743. The molecule has 2 rings (SSSR count). The molecular formula is C12H14N2. The van der Waals surface area contributed by atoms with Gasteiger partial charge in [-0.2, -0.15) is 0 Å². The summed E-state index contributed by atoms with van der Waals surface area (Å²) in [6.45, 7) is 2.66. The Labute approximate surface area is 83.4 Å². The fraction of sp³-hybridized carbons (Fsp3) is 0.167. The fourth-order valence-electron chi connectivity index (χ4n) is 1.70. The lowest BCUT2D eigenvalue weighted by molar-refractivity contribution is 1.26. The average Bonchev–Trinajstić information content (AvgIpc) is 2.51. The number of aromatic nitrogens is 1. The molecule has 14 heavy (non-hydrogen) atoms. The lowest BCUT2D eigenvalue weighted by Crippen LogP contribution is -1.92. The second-order valence-electron chi connectivity index (χ2n) is 3.35. The van der Waals surface area contributed by atoms with Crippen LogP contribution in [0.4, 0.5) is 0 Å². The molecule has 0 aliphatic rings. The van der Waals surface area contributed by atoms with Crippen molar-refractivity contribution in [3.05, 3.63) is 41.6 Å². The van der Waals surface area contributed by atoms with Crippen molar-refractivity contribution >= 4 is 17.0 Å². The SMILES string of the molecule is Cc1[nH]c2ccccc2c1C=CCN. The molecular weight excluding hydrogens is 172 g/mol. The summed E-state index contributed by atoms with van der Waals surface area (Å²) in [6, 6.07) is 8.29. The zero-order valence-electron chi connectivity index (χ0n) is 8.25. The molecule has 0 saturated carbocycles. The summed E-state index contributed by atoms with van der Waals surface area (Å²) in [5, 5.41) is 1.26. The van der Waals surface area contributed by atoms with Gasteiger partial charge in [0, 0.05) is 28.7 Å².